The summed E-state index contributed by atoms with van der Waals surface area (Å²) in [5.41, 5.74) is 4.25. The number of hydrogen-bond acceptors (Lipinski definition) is 4. The molecule has 0 radical (unpaired) electrons. The lowest BCUT2D eigenvalue weighted by molar-refractivity contribution is -0.0349. The summed E-state index contributed by atoms with van der Waals surface area (Å²) in [4.78, 5) is 0. The molecule has 28 heavy (non-hydrogen) atoms. The zero-order valence-electron chi connectivity index (χ0n) is 17.3. The highest BCUT2D eigenvalue weighted by atomic mass is 16.5. The molecule has 4 rings (SSSR count). The summed E-state index contributed by atoms with van der Waals surface area (Å²) in [5.74, 6) is 3.03. The Bertz CT molecular complexity index is 846. The normalized spacial score (nSPS) is 25.7. The minimum absolute atomic E-state index is 0.193. The van der Waals surface area contributed by atoms with Crippen LogP contribution in [0.4, 0.5) is 0 Å². The number of benzene rings is 2. The van der Waals surface area contributed by atoms with Gasteiger partial charge in [0.2, 0.25) is 0 Å². The fraction of sp³-hybridized carbons (Fsp3) is 0.500. The Kier molecular flexibility index (Phi) is 5.24. The van der Waals surface area contributed by atoms with Crippen LogP contribution in [-0.2, 0) is 17.8 Å². The summed E-state index contributed by atoms with van der Waals surface area (Å²) in [7, 11) is 5.06. The Morgan fingerprint density at radius 1 is 0.929 bits per heavy atom. The highest BCUT2D eigenvalue weighted by Gasteiger charge is 2.50. The molecule has 0 bridgehead atoms. The zero-order valence-corrected chi connectivity index (χ0v) is 17.3. The van der Waals surface area contributed by atoms with E-state index < -0.39 is 0 Å². The third kappa shape index (κ3) is 3.24. The van der Waals surface area contributed by atoms with Gasteiger partial charge in [-0.25, -0.2) is 0 Å². The van der Waals surface area contributed by atoms with E-state index in [0.717, 1.165) is 42.1 Å². The third-order valence-corrected chi connectivity index (χ3v) is 6.81. The Balaban J connectivity index is 1.49. The molecule has 0 saturated heterocycles. The fourth-order valence-corrected chi connectivity index (χ4v) is 5.16. The van der Waals surface area contributed by atoms with Gasteiger partial charge in [0.05, 0.1) is 34.0 Å². The number of rotatable bonds is 6. The van der Waals surface area contributed by atoms with Crippen LogP contribution in [0.1, 0.15) is 48.8 Å². The van der Waals surface area contributed by atoms with Crippen molar-refractivity contribution in [2.45, 2.75) is 51.2 Å². The highest BCUT2D eigenvalue weighted by molar-refractivity contribution is 5.43. The lowest BCUT2D eigenvalue weighted by Crippen LogP contribution is -2.36. The molecule has 3 atom stereocenters. The first-order valence-corrected chi connectivity index (χ1v) is 10.1. The topological polar surface area (TPSA) is 36.9 Å². The van der Waals surface area contributed by atoms with Crippen molar-refractivity contribution < 1.29 is 18.9 Å². The molecule has 2 aromatic rings. The zero-order chi connectivity index (χ0) is 19.7. The van der Waals surface area contributed by atoms with Gasteiger partial charge in [0.1, 0.15) is 5.75 Å². The molecule has 2 aliphatic rings. The standard InChI is InChI=1S/C24H30O4/c1-24-12-11-17-14-18(25-2)6-7-19(17)20(24)8-10-23(24)28-15-16-5-9-21(26-3)22(13-16)27-4/h5-7,9,13-14,20,23H,8,10-12,15H2,1-4H3/t20-,23-,24-/m1/s1. The summed E-state index contributed by atoms with van der Waals surface area (Å²) in [5, 5.41) is 0. The maximum Gasteiger partial charge on any atom is 0.161 e. The van der Waals surface area contributed by atoms with Gasteiger partial charge in [-0.2, -0.15) is 0 Å². The Morgan fingerprint density at radius 3 is 2.50 bits per heavy atom. The lowest BCUT2D eigenvalue weighted by Gasteiger charge is -2.41. The van der Waals surface area contributed by atoms with E-state index in [9.17, 15) is 0 Å². The van der Waals surface area contributed by atoms with Gasteiger partial charge in [-0.3, -0.25) is 0 Å². The van der Waals surface area contributed by atoms with E-state index in [0.29, 0.717) is 12.5 Å². The molecule has 0 aliphatic heterocycles. The molecule has 0 aromatic heterocycles. The van der Waals surface area contributed by atoms with Crippen molar-refractivity contribution in [1.82, 2.24) is 0 Å². The van der Waals surface area contributed by atoms with Gasteiger partial charge in [0.25, 0.3) is 0 Å². The molecule has 0 N–H and O–H groups in total. The van der Waals surface area contributed by atoms with Crippen LogP contribution in [0.2, 0.25) is 0 Å². The van der Waals surface area contributed by atoms with Crippen LogP contribution in [0.15, 0.2) is 36.4 Å². The second kappa shape index (κ2) is 7.67. The molecule has 4 nitrogen and oxygen atoms in total. The highest BCUT2D eigenvalue weighted by Crippen LogP contribution is 2.57. The van der Waals surface area contributed by atoms with E-state index in [-0.39, 0.29) is 11.5 Å². The average Bonchev–Trinajstić information content (AvgIpc) is 3.08. The molecule has 2 aliphatic carbocycles. The quantitative estimate of drug-likeness (QED) is 0.694. The predicted molar refractivity (Wildman–Crippen MR) is 110 cm³/mol. The van der Waals surface area contributed by atoms with Crippen LogP contribution < -0.4 is 14.2 Å². The molecule has 0 heterocycles. The summed E-state index contributed by atoms with van der Waals surface area (Å²) >= 11 is 0. The van der Waals surface area contributed by atoms with Crippen LogP contribution in [-0.4, -0.2) is 27.4 Å². The van der Waals surface area contributed by atoms with Crippen LogP contribution in [0.5, 0.6) is 17.2 Å². The van der Waals surface area contributed by atoms with Crippen molar-refractivity contribution in [2.75, 3.05) is 21.3 Å². The van der Waals surface area contributed by atoms with Crippen molar-refractivity contribution in [1.29, 1.82) is 0 Å². The largest absolute Gasteiger partial charge is 0.497 e. The van der Waals surface area contributed by atoms with Crippen molar-refractivity contribution >= 4 is 0 Å². The van der Waals surface area contributed by atoms with Crippen LogP contribution in [0.3, 0.4) is 0 Å². The van der Waals surface area contributed by atoms with E-state index in [4.69, 9.17) is 18.9 Å². The summed E-state index contributed by atoms with van der Waals surface area (Å²) in [6, 6.07) is 12.6. The molecule has 4 heteroatoms. The van der Waals surface area contributed by atoms with Crippen LogP contribution in [0, 0.1) is 5.41 Å². The molecule has 150 valence electrons. The Labute approximate surface area is 167 Å². The first-order valence-electron chi connectivity index (χ1n) is 10.1. The molecular formula is C24H30O4. The molecule has 2 aromatic carbocycles. The van der Waals surface area contributed by atoms with E-state index >= 15 is 0 Å². The SMILES string of the molecule is COc1ccc2c(c1)CC[C@]1(C)[C@@H]2CC[C@H]1OCc1ccc(OC)c(OC)c1. The van der Waals surface area contributed by atoms with Crippen LogP contribution in [0.25, 0.3) is 0 Å². The average molecular weight is 383 g/mol. The minimum Gasteiger partial charge on any atom is -0.497 e. The number of ether oxygens (including phenoxy) is 4. The number of methoxy groups -OCH3 is 3. The Morgan fingerprint density at radius 2 is 1.75 bits per heavy atom. The maximum atomic E-state index is 6.47. The van der Waals surface area contributed by atoms with E-state index in [2.05, 4.69) is 31.2 Å². The van der Waals surface area contributed by atoms with E-state index in [1.54, 1.807) is 21.3 Å². The van der Waals surface area contributed by atoms with Gasteiger partial charge in [0.15, 0.2) is 11.5 Å². The van der Waals surface area contributed by atoms with Crippen molar-refractivity contribution in [2.24, 2.45) is 5.41 Å². The molecule has 0 unspecified atom stereocenters. The van der Waals surface area contributed by atoms with Gasteiger partial charge >= 0.3 is 0 Å². The van der Waals surface area contributed by atoms with Gasteiger partial charge in [-0.15, -0.1) is 0 Å². The summed E-state index contributed by atoms with van der Waals surface area (Å²) in [6.07, 6.45) is 4.83. The minimum atomic E-state index is 0.193. The summed E-state index contributed by atoms with van der Waals surface area (Å²) in [6.45, 7) is 3.01. The maximum absolute atomic E-state index is 6.47. The van der Waals surface area contributed by atoms with Crippen molar-refractivity contribution in [3.63, 3.8) is 0 Å². The Hall–Kier alpha value is -2.20. The third-order valence-electron chi connectivity index (χ3n) is 6.81. The second-order valence-corrected chi connectivity index (χ2v) is 8.19. The van der Waals surface area contributed by atoms with Crippen molar-refractivity contribution in [3.05, 3.63) is 53.1 Å². The number of hydrogen-bond donors (Lipinski definition) is 0. The van der Waals surface area contributed by atoms with Crippen molar-refractivity contribution in [3.8, 4) is 17.2 Å². The molecule has 1 fully saturated rings. The molecule has 0 spiro atoms. The molecule has 1 saturated carbocycles. The summed E-state index contributed by atoms with van der Waals surface area (Å²) < 4.78 is 22.6. The van der Waals surface area contributed by atoms with E-state index in [1.165, 1.54) is 17.5 Å². The van der Waals surface area contributed by atoms with Crippen LogP contribution >= 0.6 is 0 Å². The smallest absolute Gasteiger partial charge is 0.161 e. The monoisotopic (exact) mass is 382 g/mol. The molecular weight excluding hydrogens is 352 g/mol. The van der Waals surface area contributed by atoms with E-state index in [1.807, 2.05) is 12.1 Å². The lowest BCUT2D eigenvalue weighted by atomic mass is 9.66. The van der Waals surface area contributed by atoms with Gasteiger partial charge in [-0.05, 0) is 72.6 Å². The van der Waals surface area contributed by atoms with Gasteiger partial charge in [0, 0.05) is 5.41 Å². The number of fused-ring (bicyclic) bond motifs is 3. The van der Waals surface area contributed by atoms with Gasteiger partial charge in [-0.1, -0.05) is 19.1 Å². The predicted octanol–water partition coefficient (Wildman–Crippen LogP) is 5.13. The van der Waals surface area contributed by atoms with Gasteiger partial charge < -0.3 is 18.9 Å². The number of aryl methyl sites for hydroxylation is 1. The molecule has 0 amide bonds. The first kappa shape index (κ1) is 19.1. The first-order chi connectivity index (χ1) is 13.6. The fourth-order valence-electron chi connectivity index (χ4n) is 5.16. The second-order valence-electron chi connectivity index (χ2n) is 8.19.